The van der Waals surface area contributed by atoms with Crippen molar-refractivity contribution >= 4 is 5.69 Å². The Labute approximate surface area is 168 Å². The van der Waals surface area contributed by atoms with Gasteiger partial charge in [0.2, 0.25) is 0 Å². The third-order valence-electron chi connectivity index (χ3n) is 5.41. The summed E-state index contributed by atoms with van der Waals surface area (Å²) in [4.78, 5) is 4.82. The van der Waals surface area contributed by atoms with E-state index in [1.165, 1.54) is 5.69 Å². The third kappa shape index (κ3) is 4.71. The molecule has 0 spiro atoms. The van der Waals surface area contributed by atoms with Crippen molar-refractivity contribution in [3.63, 3.8) is 0 Å². The molecule has 1 fully saturated rings. The van der Waals surface area contributed by atoms with Crippen LogP contribution in [0.25, 0.3) is 0 Å². The SMILES string of the molecule is COc1ccccc1N1CCN(CCOc2cc(C)c(O)cc2C(C)C)CC1. The van der Waals surface area contributed by atoms with Gasteiger partial charge in [-0.3, -0.25) is 4.90 Å². The molecule has 0 aromatic heterocycles. The van der Waals surface area contributed by atoms with E-state index in [-0.39, 0.29) is 0 Å². The number of aromatic hydroxyl groups is 1. The van der Waals surface area contributed by atoms with Crippen molar-refractivity contribution in [3.05, 3.63) is 47.5 Å². The van der Waals surface area contributed by atoms with E-state index in [0.717, 1.165) is 55.3 Å². The first kappa shape index (κ1) is 20.3. The van der Waals surface area contributed by atoms with Crippen LogP contribution < -0.4 is 14.4 Å². The lowest BCUT2D eigenvalue weighted by molar-refractivity contribution is 0.199. The molecular formula is C23H32N2O3. The van der Waals surface area contributed by atoms with Gasteiger partial charge in [0.15, 0.2) is 0 Å². The van der Waals surface area contributed by atoms with Gasteiger partial charge in [-0.15, -0.1) is 0 Å². The molecule has 0 radical (unpaired) electrons. The summed E-state index contributed by atoms with van der Waals surface area (Å²) in [5.74, 6) is 2.47. The first-order valence-electron chi connectivity index (χ1n) is 10.1. The molecule has 1 saturated heterocycles. The molecule has 0 bridgehead atoms. The molecule has 1 aliphatic rings. The summed E-state index contributed by atoms with van der Waals surface area (Å²) in [5, 5.41) is 9.98. The Morgan fingerprint density at radius 2 is 1.75 bits per heavy atom. The normalized spacial score (nSPS) is 15.1. The number of ether oxygens (including phenoxy) is 2. The topological polar surface area (TPSA) is 45.2 Å². The summed E-state index contributed by atoms with van der Waals surface area (Å²) >= 11 is 0. The summed E-state index contributed by atoms with van der Waals surface area (Å²) in [6.07, 6.45) is 0. The highest BCUT2D eigenvalue weighted by Crippen LogP contribution is 2.33. The Morgan fingerprint density at radius 1 is 1.04 bits per heavy atom. The maximum atomic E-state index is 9.98. The second kappa shape index (κ2) is 9.20. The Hall–Kier alpha value is -2.40. The second-order valence-electron chi connectivity index (χ2n) is 7.68. The Morgan fingerprint density at radius 3 is 2.43 bits per heavy atom. The molecule has 5 nitrogen and oxygen atoms in total. The Kier molecular flexibility index (Phi) is 6.68. The quantitative estimate of drug-likeness (QED) is 0.781. The van der Waals surface area contributed by atoms with Crippen molar-refractivity contribution in [2.24, 2.45) is 0 Å². The van der Waals surface area contributed by atoms with Gasteiger partial charge in [0.05, 0.1) is 12.8 Å². The highest BCUT2D eigenvalue weighted by atomic mass is 16.5. The molecule has 2 aromatic carbocycles. The average molecular weight is 385 g/mol. The molecule has 0 saturated carbocycles. The van der Waals surface area contributed by atoms with Crippen LogP contribution in [0.5, 0.6) is 17.2 Å². The third-order valence-corrected chi connectivity index (χ3v) is 5.41. The zero-order valence-electron chi connectivity index (χ0n) is 17.4. The molecule has 5 heteroatoms. The van der Waals surface area contributed by atoms with Gasteiger partial charge >= 0.3 is 0 Å². The van der Waals surface area contributed by atoms with Gasteiger partial charge in [0.1, 0.15) is 23.9 Å². The van der Waals surface area contributed by atoms with Crippen molar-refractivity contribution in [1.29, 1.82) is 0 Å². The standard InChI is InChI=1S/C23H32N2O3/c1-17(2)19-16-21(26)18(3)15-23(19)28-14-13-24-9-11-25(12-10-24)20-7-5-6-8-22(20)27-4/h5-8,15-17,26H,9-14H2,1-4H3. The van der Waals surface area contributed by atoms with E-state index in [0.29, 0.717) is 18.3 Å². The van der Waals surface area contributed by atoms with Gasteiger partial charge in [-0.1, -0.05) is 26.0 Å². The summed E-state index contributed by atoms with van der Waals surface area (Å²) < 4.78 is 11.6. The predicted octanol–water partition coefficient (Wildman–Crippen LogP) is 4.03. The van der Waals surface area contributed by atoms with Crippen LogP contribution in [0.4, 0.5) is 5.69 Å². The van der Waals surface area contributed by atoms with E-state index in [9.17, 15) is 5.11 Å². The number of nitrogens with zero attached hydrogens (tertiary/aromatic N) is 2. The van der Waals surface area contributed by atoms with Crippen LogP contribution in [-0.2, 0) is 0 Å². The maximum absolute atomic E-state index is 9.98. The lowest BCUT2D eigenvalue weighted by Crippen LogP contribution is -2.47. The molecule has 0 atom stereocenters. The lowest BCUT2D eigenvalue weighted by Gasteiger charge is -2.36. The largest absolute Gasteiger partial charge is 0.508 e. The van der Waals surface area contributed by atoms with Crippen LogP contribution in [0.3, 0.4) is 0 Å². The summed E-state index contributed by atoms with van der Waals surface area (Å²) in [5.41, 5.74) is 3.08. The van der Waals surface area contributed by atoms with Crippen molar-refractivity contribution < 1.29 is 14.6 Å². The molecular weight excluding hydrogens is 352 g/mol. The number of phenolic OH excluding ortho intramolecular Hbond substituents is 1. The van der Waals surface area contributed by atoms with Gasteiger partial charge in [-0.05, 0) is 42.7 Å². The van der Waals surface area contributed by atoms with Crippen molar-refractivity contribution in [2.75, 3.05) is 51.3 Å². The minimum absolute atomic E-state index is 0.311. The monoisotopic (exact) mass is 384 g/mol. The van der Waals surface area contributed by atoms with Crippen LogP contribution in [0, 0.1) is 6.92 Å². The Bertz CT molecular complexity index is 783. The van der Waals surface area contributed by atoms with Gasteiger partial charge in [0, 0.05) is 38.3 Å². The highest BCUT2D eigenvalue weighted by Gasteiger charge is 2.19. The Balaban J connectivity index is 1.52. The van der Waals surface area contributed by atoms with Crippen LogP contribution in [0.15, 0.2) is 36.4 Å². The van der Waals surface area contributed by atoms with Gasteiger partial charge < -0.3 is 19.5 Å². The fourth-order valence-corrected chi connectivity index (χ4v) is 3.65. The smallest absolute Gasteiger partial charge is 0.142 e. The van der Waals surface area contributed by atoms with E-state index in [4.69, 9.17) is 9.47 Å². The number of hydrogen-bond donors (Lipinski definition) is 1. The van der Waals surface area contributed by atoms with Crippen LogP contribution >= 0.6 is 0 Å². The number of hydrogen-bond acceptors (Lipinski definition) is 5. The zero-order chi connectivity index (χ0) is 20.1. The van der Waals surface area contributed by atoms with E-state index in [1.54, 1.807) is 7.11 Å². The number of aryl methyl sites for hydroxylation is 1. The van der Waals surface area contributed by atoms with Crippen LogP contribution in [0.1, 0.15) is 30.9 Å². The number of piperazine rings is 1. The molecule has 152 valence electrons. The maximum Gasteiger partial charge on any atom is 0.142 e. The van der Waals surface area contributed by atoms with Gasteiger partial charge in [0.25, 0.3) is 0 Å². The summed E-state index contributed by atoms with van der Waals surface area (Å²) in [7, 11) is 1.73. The van der Waals surface area contributed by atoms with Crippen molar-refractivity contribution in [3.8, 4) is 17.2 Å². The second-order valence-corrected chi connectivity index (χ2v) is 7.68. The number of rotatable bonds is 7. The fraction of sp³-hybridized carbons (Fsp3) is 0.478. The summed E-state index contributed by atoms with van der Waals surface area (Å²) in [6, 6.07) is 12.0. The molecule has 0 aliphatic carbocycles. The average Bonchev–Trinajstić information content (AvgIpc) is 2.70. The van der Waals surface area contributed by atoms with Crippen molar-refractivity contribution in [2.45, 2.75) is 26.7 Å². The van der Waals surface area contributed by atoms with E-state index in [1.807, 2.05) is 31.2 Å². The zero-order valence-corrected chi connectivity index (χ0v) is 17.4. The van der Waals surface area contributed by atoms with Gasteiger partial charge in [-0.2, -0.15) is 0 Å². The lowest BCUT2D eigenvalue weighted by atomic mass is 10.00. The number of methoxy groups -OCH3 is 1. The number of benzene rings is 2. The van der Waals surface area contributed by atoms with Gasteiger partial charge in [-0.25, -0.2) is 0 Å². The summed E-state index contributed by atoms with van der Waals surface area (Å²) in [6.45, 7) is 11.7. The van der Waals surface area contributed by atoms with Crippen molar-refractivity contribution in [1.82, 2.24) is 4.90 Å². The molecule has 0 unspecified atom stereocenters. The predicted molar refractivity (Wildman–Crippen MR) is 114 cm³/mol. The molecule has 1 N–H and O–H groups in total. The first-order chi connectivity index (χ1) is 13.5. The molecule has 1 heterocycles. The molecule has 0 amide bonds. The molecule has 2 aromatic rings. The van der Waals surface area contributed by atoms with E-state index < -0.39 is 0 Å². The number of para-hydroxylation sites is 2. The number of anilines is 1. The van der Waals surface area contributed by atoms with E-state index >= 15 is 0 Å². The van der Waals surface area contributed by atoms with Crippen LogP contribution in [-0.4, -0.2) is 56.4 Å². The minimum Gasteiger partial charge on any atom is -0.508 e. The van der Waals surface area contributed by atoms with Crippen LogP contribution in [0.2, 0.25) is 0 Å². The molecule has 3 rings (SSSR count). The first-order valence-corrected chi connectivity index (χ1v) is 10.1. The van der Waals surface area contributed by atoms with E-state index in [2.05, 4.69) is 35.8 Å². The minimum atomic E-state index is 0.311. The molecule has 1 aliphatic heterocycles. The highest BCUT2D eigenvalue weighted by molar-refractivity contribution is 5.58. The number of phenols is 1. The fourth-order valence-electron chi connectivity index (χ4n) is 3.65. The molecule has 28 heavy (non-hydrogen) atoms.